The van der Waals surface area contributed by atoms with Crippen molar-refractivity contribution in [1.82, 2.24) is 0 Å². The number of fused-ring (bicyclic) bond motifs is 5. The van der Waals surface area contributed by atoms with E-state index < -0.39 is 129 Å². The molecule has 0 radical (unpaired) electrons. The van der Waals surface area contributed by atoms with Crippen LogP contribution in [0.25, 0.3) is 0 Å². The summed E-state index contributed by atoms with van der Waals surface area (Å²) in [4.78, 5) is 27.7. The van der Waals surface area contributed by atoms with E-state index in [0.717, 1.165) is 25.7 Å². The van der Waals surface area contributed by atoms with Crippen molar-refractivity contribution < 1.29 is 88.7 Å². The Morgan fingerprint density at radius 1 is 0.746 bits per heavy atom. The number of hydrogen-bond donors (Lipinski definition) is 9. The molecule has 9 N–H and O–H groups in total. The van der Waals surface area contributed by atoms with Gasteiger partial charge in [0.1, 0.15) is 72.9 Å². The minimum Gasteiger partial charge on any atom is -0.394 e. The van der Waals surface area contributed by atoms with Crippen LogP contribution < -0.4 is 0 Å². The summed E-state index contributed by atoms with van der Waals surface area (Å²) in [6.45, 7) is 10.4. The molecule has 18 heteroatoms. The maximum Gasteiger partial charge on any atom is 0.187 e. The molecule has 7 fully saturated rings. The Morgan fingerprint density at radius 2 is 1.37 bits per heavy atom. The number of carbonyl (C=O) groups is 2. The highest BCUT2D eigenvalue weighted by atomic mass is 16.8. The van der Waals surface area contributed by atoms with Gasteiger partial charge < -0.3 is 79.1 Å². The van der Waals surface area contributed by atoms with Gasteiger partial charge in [0, 0.05) is 24.2 Å². The fourth-order valence-corrected chi connectivity index (χ4v) is 13.1. The molecule has 8 rings (SSSR count). The van der Waals surface area contributed by atoms with Crippen LogP contribution in [0, 0.1) is 46.3 Å². The van der Waals surface area contributed by atoms with Gasteiger partial charge >= 0.3 is 0 Å². The lowest BCUT2D eigenvalue weighted by Crippen LogP contribution is -2.66. The topological polar surface area (TPSA) is 281 Å². The summed E-state index contributed by atoms with van der Waals surface area (Å²) in [6.07, 6.45) is -16.8. The molecule has 4 saturated heterocycles. The minimum absolute atomic E-state index is 0.104. The van der Waals surface area contributed by atoms with Crippen LogP contribution in [0.2, 0.25) is 0 Å². The zero-order valence-corrected chi connectivity index (χ0v) is 37.0. The molecule has 63 heavy (non-hydrogen) atoms. The quantitative estimate of drug-likeness (QED) is 0.126. The average Bonchev–Trinajstić information content (AvgIpc) is 3.74. The standard InChI is InChI=1S/C45H70O18/c1-17-13-27(60-40(17)56)30(48)18(2)29-26(47)15-25-23-8-7-21-14-22(9-11-44(21,5)24(23)10-12-45(25,29)6)59-43-39(63-42-36(54)34(52)32(50)20(4)58-42)37(55)38(28(16-46)61-43)62-41-35(53)33(51)31(49)19(3)57-41/h7,17-20,22-25,27-29,31-43,46,49-56H,8-16H2,1-6H3/t17-,18+,19+,20+,22+,23-,24+,25+,27-,28-,29+,31+,32+,33-,34-,35-,36-,37+,38-,39-,40-,41+,42+,43-,44+,45+/m1/s1. The first-order valence-corrected chi connectivity index (χ1v) is 23.1. The Hall–Kier alpha value is -1.56. The third-order valence-electron chi connectivity index (χ3n) is 16.9. The second-order valence-corrected chi connectivity index (χ2v) is 20.7. The van der Waals surface area contributed by atoms with E-state index in [1.807, 2.05) is 13.8 Å². The normalized spacial score (nSPS) is 54.2. The highest BCUT2D eigenvalue weighted by Gasteiger charge is 2.63. The van der Waals surface area contributed by atoms with E-state index in [4.69, 9.17) is 33.2 Å². The number of carbonyl (C=O) groups excluding carboxylic acids is 2. The van der Waals surface area contributed by atoms with Gasteiger partial charge in [-0.1, -0.05) is 39.3 Å². The third-order valence-corrected chi connectivity index (χ3v) is 16.9. The van der Waals surface area contributed by atoms with E-state index in [2.05, 4.69) is 19.9 Å². The molecule has 0 bridgehead atoms. The smallest absolute Gasteiger partial charge is 0.187 e. The molecule has 4 heterocycles. The van der Waals surface area contributed by atoms with Crippen LogP contribution in [-0.4, -0.2) is 175 Å². The molecule has 0 aromatic heterocycles. The fourth-order valence-electron chi connectivity index (χ4n) is 13.1. The molecule has 4 aliphatic heterocycles. The number of Topliss-reactive ketones (excluding diaryl/α,β-unsaturated/α-hetero) is 2. The number of hydrogen-bond acceptors (Lipinski definition) is 18. The summed E-state index contributed by atoms with van der Waals surface area (Å²) in [7, 11) is 0. The van der Waals surface area contributed by atoms with E-state index in [0.29, 0.717) is 25.7 Å². The lowest BCUT2D eigenvalue weighted by Gasteiger charge is -2.58. The van der Waals surface area contributed by atoms with Crippen molar-refractivity contribution in [1.29, 1.82) is 0 Å². The van der Waals surface area contributed by atoms with Crippen LogP contribution in [-0.2, 0) is 42.7 Å². The van der Waals surface area contributed by atoms with Crippen molar-refractivity contribution in [3.05, 3.63) is 11.6 Å². The van der Waals surface area contributed by atoms with Crippen molar-refractivity contribution in [2.75, 3.05) is 6.61 Å². The molecule has 18 nitrogen and oxygen atoms in total. The van der Waals surface area contributed by atoms with E-state index >= 15 is 0 Å². The molecule has 0 aromatic rings. The van der Waals surface area contributed by atoms with E-state index in [9.17, 15) is 55.5 Å². The molecule has 4 aliphatic carbocycles. The Morgan fingerprint density at radius 3 is 1.95 bits per heavy atom. The first-order valence-electron chi connectivity index (χ1n) is 23.1. The van der Waals surface area contributed by atoms with Crippen LogP contribution in [0.15, 0.2) is 11.6 Å². The van der Waals surface area contributed by atoms with Gasteiger partial charge in [-0.15, -0.1) is 0 Å². The third kappa shape index (κ3) is 8.33. The molecular formula is C45H70O18. The fraction of sp³-hybridized carbons (Fsp3) is 0.911. The number of allylic oxidation sites excluding steroid dienone is 1. The van der Waals surface area contributed by atoms with Gasteiger partial charge in [-0.05, 0) is 87.4 Å². The summed E-state index contributed by atoms with van der Waals surface area (Å²) < 4.78 is 42.0. The molecule has 0 spiro atoms. The van der Waals surface area contributed by atoms with Crippen LogP contribution in [0.4, 0.5) is 0 Å². The zero-order valence-electron chi connectivity index (χ0n) is 37.0. The Balaban J connectivity index is 0.988. The molecule has 358 valence electrons. The second kappa shape index (κ2) is 18.2. The Labute approximate surface area is 367 Å². The molecule has 0 unspecified atom stereocenters. The molecular weight excluding hydrogens is 828 g/mol. The van der Waals surface area contributed by atoms with Gasteiger partial charge in [-0.3, -0.25) is 9.59 Å². The predicted octanol–water partition coefficient (Wildman–Crippen LogP) is -0.418. The summed E-state index contributed by atoms with van der Waals surface area (Å²) in [5.41, 5.74) is 0.664. The van der Waals surface area contributed by atoms with Crippen LogP contribution >= 0.6 is 0 Å². The lowest BCUT2D eigenvalue weighted by atomic mass is 9.47. The van der Waals surface area contributed by atoms with Crippen LogP contribution in [0.5, 0.6) is 0 Å². The first kappa shape index (κ1) is 47.9. The van der Waals surface area contributed by atoms with E-state index in [1.54, 1.807) is 0 Å². The maximum atomic E-state index is 13.9. The minimum atomic E-state index is -1.75. The summed E-state index contributed by atoms with van der Waals surface area (Å²) in [5.74, 6) is -0.412. The molecule has 3 saturated carbocycles. The number of aliphatic hydroxyl groups excluding tert-OH is 9. The highest BCUT2D eigenvalue weighted by molar-refractivity contribution is 5.94. The van der Waals surface area contributed by atoms with Gasteiger partial charge in [0.2, 0.25) is 0 Å². The Kier molecular flexibility index (Phi) is 13.8. The number of aliphatic hydroxyl groups is 9. The maximum absolute atomic E-state index is 13.9. The van der Waals surface area contributed by atoms with Crippen molar-refractivity contribution >= 4 is 11.6 Å². The van der Waals surface area contributed by atoms with Crippen molar-refractivity contribution in [2.45, 2.75) is 204 Å². The largest absolute Gasteiger partial charge is 0.394 e. The molecule has 0 aromatic carbocycles. The first-order chi connectivity index (χ1) is 29.7. The molecule has 0 amide bonds. The van der Waals surface area contributed by atoms with Crippen LogP contribution in [0.1, 0.15) is 92.9 Å². The van der Waals surface area contributed by atoms with Crippen molar-refractivity contribution in [3.8, 4) is 0 Å². The summed E-state index contributed by atoms with van der Waals surface area (Å²) in [5, 5.41) is 95.9. The van der Waals surface area contributed by atoms with Gasteiger partial charge in [0.25, 0.3) is 0 Å². The SMILES string of the molecule is C[C@@H]1C[C@H](C(=O)[C@@H](C)[C@H]2C(=O)C[C@H]3[C@@H]4CC=C5C[C@@H](O[C@@H]6O[C@H](CO)[C@@H](O[C@@H]7O[C@@H](C)[C@H](O)[C@@H](O)[C@H]7O)[C@H](O)[C@H]6O[C@@H]6O[C@@H](C)[C@H](O)[C@@H](O)[C@H]6O)CC[C@]5(C)[C@H]4CC[C@]23C)O[C@H]1O. The zero-order chi connectivity index (χ0) is 45.6. The molecule has 8 aliphatic rings. The van der Waals surface area contributed by atoms with Gasteiger partial charge in [-0.25, -0.2) is 0 Å². The summed E-state index contributed by atoms with van der Waals surface area (Å²) >= 11 is 0. The van der Waals surface area contributed by atoms with Gasteiger partial charge in [0.15, 0.2) is 30.9 Å². The highest BCUT2D eigenvalue weighted by Crippen LogP contribution is 2.66. The second-order valence-electron chi connectivity index (χ2n) is 20.7. The average molecular weight is 899 g/mol. The Bertz CT molecular complexity index is 1690. The van der Waals surface area contributed by atoms with Crippen molar-refractivity contribution in [3.63, 3.8) is 0 Å². The molecule has 26 atom stereocenters. The number of ketones is 2. The van der Waals surface area contributed by atoms with Gasteiger partial charge in [0.05, 0.1) is 24.9 Å². The van der Waals surface area contributed by atoms with Crippen molar-refractivity contribution in [2.24, 2.45) is 46.3 Å². The lowest BCUT2D eigenvalue weighted by molar-refractivity contribution is -0.388. The van der Waals surface area contributed by atoms with Crippen LogP contribution in [0.3, 0.4) is 0 Å². The monoisotopic (exact) mass is 898 g/mol. The van der Waals surface area contributed by atoms with E-state index in [-0.39, 0.29) is 46.1 Å². The number of rotatable bonds is 10. The van der Waals surface area contributed by atoms with Gasteiger partial charge in [-0.2, -0.15) is 0 Å². The van der Waals surface area contributed by atoms with E-state index in [1.165, 1.54) is 19.4 Å². The predicted molar refractivity (Wildman–Crippen MR) is 215 cm³/mol. The number of ether oxygens (including phenoxy) is 7. The summed E-state index contributed by atoms with van der Waals surface area (Å²) in [6, 6.07) is 0.